The Hall–Kier alpha value is -2.25. The molecule has 0 aromatic carbocycles. The first kappa shape index (κ1) is 20.0. The summed E-state index contributed by atoms with van der Waals surface area (Å²) in [6.07, 6.45) is 5.57. The summed E-state index contributed by atoms with van der Waals surface area (Å²) in [5, 5.41) is 29.7. The summed E-state index contributed by atoms with van der Waals surface area (Å²) in [5.74, 6) is 7.18. The third-order valence-corrected chi connectivity index (χ3v) is 5.73. The Morgan fingerprint density at radius 2 is 1.83 bits per heavy atom. The Balaban J connectivity index is 1.63. The van der Waals surface area contributed by atoms with Crippen molar-refractivity contribution in [2.45, 2.75) is 69.5 Å². The van der Waals surface area contributed by atoms with Gasteiger partial charge in [0.1, 0.15) is 23.8 Å². The summed E-state index contributed by atoms with van der Waals surface area (Å²) in [6.45, 7) is -0.406. The average Bonchev–Trinajstić information content (AvgIpc) is 3.23. The van der Waals surface area contributed by atoms with Gasteiger partial charge < -0.3 is 25.8 Å². The molecule has 1 aliphatic heterocycles. The molecule has 0 bridgehead atoms. The van der Waals surface area contributed by atoms with Gasteiger partial charge in [-0.25, -0.2) is 15.0 Å². The van der Waals surface area contributed by atoms with Crippen LogP contribution in [-0.2, 0) is 4.74 Å². The second kappa shape index (κ2) is 8.63. The second-order valence-corrected chi connectivity index (χ2v) is 7.80. The zero-order chi connectivity index (χ0) is 20.4. The van der Waals surface area contributed by atoms with Crippen molar-refractivity contribution in [3.63, 3.8) is 0 Å². The monoisotopic (exact) mass is 401 g/mol. The van der Waals surface area contributed by atoms with Crippen molar-refractivity contribution >= 4 is 17.0 Å². The number of ether oxygens (including phenoxy) is 1. The van der Waals surface area contributed by atoms with E-state index < -0.39 is 31.1 Å². The molecule has 1 saturated carbocycles. The van der Waals surface area contributed by atoms with E-state index in [1.165, 1.54) is 43.0 Å². The third kappa shape index (κ3) is 4.07. The predicted molar refractivity (Wildman–Crippen MR) is 105 cm³/mol. The standard InChI is InChI=1S/C20H27N5O4/c21-18-15-19(25(11-22-15)20-17(28)16(27)13(10-26)29-20)24-14(23-18)9-8-12-6-4-2-1-3-5-7-12/h11-13,16-17,20,26-28H,1-7,10H2,(H2,21,23,24)/t13-,16-,17-,20-/m1/s1. The molecule has 1 aliphatic carbocycles. The van der Waals surface area contributed by atoms with Crippen LogP contribution in [0.2, 0.25) is 0 Å². The quantitative estimate of drug-likeness (QED) is 0.540. The first-order chi connectivity index (χ1) is 14.1. The fourth-order valence-corrected chi connectivity index (χ4v) is 4.06. The van der Waals surface area contributed by atoms with Crippen LogP contribution in [0.15, 0.2) is 6.33 Å². The number of nitrogens with two attached hydrogens (primary N) is 1. The van der Waals surface area contributed by atoms with Gasteiger partial charge in [-0.15, -0.1) is 0 Å². The Morgan fingerprint density at radius 1 is 1.10 bits per heavy atom. The Morgan fingerprint density at radius 3 is 2.52 bits per heavy atom. The fraction of sp³-hybridized carbons (Fsp3) is 0.650. The Kier molecular flexibility index (Phi) is 5.96. The van der Waals surface area contributed by atoms with Crippen LogP contribution in [0, 0.1) is 17.8 Å². The van der Waals surface area contributed by atoms with E-state index >= 15 is 0 Å². The normalized spacial score (nSPS) is 28.7. The molecule has 4 rings (SSSR count). The number of hydrogen-bond donors (Lipinski definition) is 4. The van der Waals surface area contributed by atoms with Crippen molar-refractivity contribution in [3.8, 4) is 11.8 Å². The van der Waals surface area contributed by atoms with Gasteiger partial charge >= 0.3 is 0 Å². The number of aliphatic hydroxyl groups is 3. The summed E-state index contributed by atoms with van der Waals surface area (Å²) in [6, 6.07) is 0. The minimum atomic E-state index is -1.23. The summed E-state index contributed by atoms with van der Waals surface area (Å²) in [5.41, 5.74) is 6.80. The van der Waals surface area contributed by atoms with Crippen molar-refractivity contribution in [1.29, 1.82) is 0 Å². The maximum Gasteiger partial charge on any atom is 0.208 e. The van der Waals surface area contributed by atoms with Crippen LogP contribution in [0.4, 0.5) is 5.82 Å². The number of nitrogens with zero attached hydrogens (tertiary/aromatic N) is 4. The van der Waals surface area contributed by atoms with Gasteiger partial charge in [-0.05, 0) is 18.8 Å². The number of fused-ring (bicyclic) bond motifs is 1. The predicted octanol–water partition coefficient (Wildman–Crippen LogP) is 0.732. The highest BCUT2D eigenvalue weighted by Crippen LogP contribution is 2.32. The average molecular weight is 401 g/mol. The maximum absolute atomic E-state index is 10.3. The van der Waals surface area contributed by atoms with Gasteiger partial charge in [0.05, 0.1) is 12.9 Å². The Labute approximate surface area is 168 Å². The molecule has 2 aliphatic rings. The number of imidazole rings is 1. The molecular formula is C20H27N5O4. The van der Waals surface area contributed by atoms with Gasteiger partial charge in [0, 0.05) is 5.92 Å². The topological polar surface area (TPSA) is 140 Å². The van der Waals surface area contributed by atoms with Crippen LogP contribution in [0.3, 0.4) is 0 Å². The molecule has 0 spiro atoms. The largest absolute Gasteiger partial charge is 0.394 e. The molecule has 2 aromatic heterocycles. The van der Waals surface area contributed by atoms with E-state index in [0.29, 0.717) is 22.9 Å². The minimum Gasteiger partial charge on any atom is -0.394 e. The molecule has 0 radical (unpaired) electrons. The minimum absolute atomic E-state index is 0.197. The van der Waals surface area contributed by atoms with Crippen LogP contribution in [-0.4, -0.2) is 59.8 Å². The lowest BCUT2D eigenvalue weighted by molar-refractivity contribution is -0.0511. The summed E-state index contributed by atoms with van der Waals surface area (Å²) in [4.78, 5) is 13.0. The van der Waals surface area contributed by atoms with Crippen LogP contribution >= 0.6 is 0 Å². The van der Waals surface area contributed by atoms with Crippen molar-refractivity contribution in [2.24, 2.45) is 5.92 Å². The van der Waals surface area contributed by atoms with Crippen molar-refractivity contribution in [1.82, 2.24) is 19.5 Å². The van der Waals surface area contributed by atoms with E-state index in [1.54, 1.807) is 0 Å². The highest BCUT2D eigenvalue weighted by atomic mass is 16.6. The van der Waals surface area contributed by atoms with Crippen LogP contribution in [0.5, 0.6) is 0 Å². The van der Waals surface area contributed by atoms with E-state index in [2.05, 4.69) is 26.8 Å². The molecule has 156 valence electrons. The molecule has 9 heteroatoms. The van der Waals surface area contributed by atoms with Crippen molar-refractivity contribution < 1.29 is 20.1 Å². The molecular weight excluding hydrogens is 374 g/mol. The molecule has 3 heterocycles. The van der Waals surface area contributed by atoms with Gasteiger partial charge in [0.25, 0.3) is 0 Å². The lowest BCUT2D eigenvalue weighted by Crippen LogP contribution is -2.33. The smallest absolute Gasteiger partial charge is 0.208 e. The van der Waals surface area contributed by atoms with Crippen molar-refractivity contribution in [2.75, 3.05) is 12.3 Å². The highest BCUT2D eigenvalue weighted by molar-refractivity contribution is 5.82. The lowest BCUT2D eigenvalue weighted by atomic mass is 9.92. The fourth-order valence-electron chi connectivity index (χ4n) is 4.06. The summed E-state index contributed by atoms with van der Waals surface area (Å²) < 4.78 is 7.08. The Bertz CT molecular complexity index is 913. The molecule has 2 fully saturated rings. The van der Waals surface area contributed by atoms with Crippen LogP contribution < -0.4 is 5.73 Å². The maximum atomic E-state index is 10.3. The number of nitrogen functional groups attached to an aromatic ring is 1. The van der Waals surface area contributed by atoms with Gasteiger partial charge in [0.15, 0.2) is 17.7 Å². The van der Waals surface area contributed by atoms with Gasteiger partial charge in [-0.2, -0.15) is 0 Å². The van der Waals surface area contributed by atoms with Crippen LogP contribution in [0.25, 0.3) is 11.2 Å². The first-order valence-electron chi connectivity index (χ1n) is 10.2. The molecule has 4 atom stereocenters. The lowest BCUT2D eigenvalue weighted by Gasteiger charge is -2.16. The van der Waals surface area contributed by atoms with Gasteiger partial charge in [-0.3, -0.25) is 4.57 Å². The molecule has 0 unspecified atom stereocenters. The molecule has 1 saturated heterocycles. The number of aromatic nitrogens is 4. The van der Waals surface area contributed by atoms with Crippen molar-refractivity contribution in [3.05, 3.63) is 12.2 Å². The van der Waals surface area contributed by atoms with E-state index in [9.17, 15) is 15.3 Å². The van der Waals surface area contributed by atoms with E-state index in [0.717, 1.165) is 12.8 Å². The molecule has 5 N–H and O–H groups in total. The third-order valence-electron chi connectivity index (χ3n) is 5.73. The van der Waals surface area contributed by atoms with E-state index in [-0.39, 0.29) is 5.82 Å². The molecule has 0 amide bonds. The SMILES string of the molecule is Nc1nc(C#CC2CCCCCCC2)nc2c1ncn2[C@@H]1O[C@H](CO)[C@@H](O)[C@H]1O. The summed E-state index contributed by atoms with van der Waals surface area (Å²) in [7, 11) is 0. The first-order valence-corrected chi connectivity index (χ1v) is 10.2. The zero-order valence-electron chi connectivity index (χ0n) is 16.2. The number of anilines is 1. The molecule has 29 heavy (non-hydrogen) atoms. The molecule has 9 nitrogen and oxygen atoms in total. The second-order valence-electron chi connectivity index (χ2n) is 7.80. The molecule has 2 aromatic rings. The van der Waals surface area contributed by atoms with Crippen LogP contribution in [0.1, 0.15) is 57.0 Å². The van der Waals surface area contributed by atoms with E-state index in [4.69, 9.17) is 10.5 Å². The number of aliphatic hydroxyl groups excluding tert-OH is 3. The zero-order valence-corrected chi connectivity index (χ0v) is 16.2. The van der Waals surface area contributed by atoms with Gasteiger partial charge in [0.2, 0.25) is 5.82 Å². The van der Waals surface area contributed by atoms with E-state index in [1.807, 2.05) is 0 Å². The number of hydrogen-bond acceptors (Lipinski definition) is 8. The summed E-state index contributed by atoms with van der Waals surface area (Å²) >= 11 is 0. The number of rotatable bonds is 2. The van der Waals surface area contributed by atoms with Gasteiger partial charge in [-0.1, -0.05) is 38.0 Å². The highest BCUT2D eigenvalue weighted by Gasteiger charge is 2.44.